The number of carbonyl (C=O) groups is 1. The first-order valence-electron chi connectivity index (χ1n) is 6.00. The van der Waals surface area contributed by atoms with Crippen LogP contribution in [-0.4, -0.2) is 34.4 Å². The zero-order valence-corrected chi connectivity index (χ0v) is 12.4. The maximum Gasteiger partial charge on any atom is 0.412 e. The first-order chi connectivity index (χ1) is 9.41. The van der Waals surface area contributed by atoms with E-state index in [4.69, 9.17) is 9.47 Å². The average Bonchev–Trinajstić information content (AvgIpc) is 2.39. The van der Waals surface area contributed by atoms with Crippen LogP contribution in [0.1, 0.15) is 13.3 Å². The molecule has 0 aromatic heterocycles. The van der Waals surface area contributed by atoms with E-state index in [0.717, 1.165) is 0 Å². The quantitative estimate of drug-likeness (QED) is 0.832. The smallest absolute Gasteiger partial charge is 0.412 e. The molecule has 0 heterocycles. The van der Waals surface area contributed by atoms with Crippen LogP contribution in [-0.2, 0) is 10.0 Å². The third-order valence-corrected chi connectivity index (χ3v) is 3.81. The van der Waals surface area contributed by atoms with Gasteiger partial charge in [-0.05, 0) is 18.6 Å². The van der Waals surface area contributed by atoms with Gasteiger partial charge in [0.25, 0.3) is 0 Å². The van der Waals surface area contributed by atoms with Crippen molar-refractivity contribution in [3.8, 4) is 11.5 Å². The van der Waals surface area contributed by atoms with Crippen LogP contribution >= 0.6 is 0 Å². The second-order valence-corrected chi connectivity index (χ2v) is 5.77. The van der Waals surface area contributed by atoms with Crippen molar-refractivity contribution in [2.75, 3.05) is 24.6 Å². The summed E-state index contributed by atoms with van der Waals surface area (Å²) in [5, 5.41) is 2.31. The number of anilines is 1. The van der Waals surface area contributed by atoms with E-state index in [0.29, 0.717) is 12.1 Å². The zero-order chi connectivity index (χ0) is 15.2. The van der Waals surface area contributed by atoms with Crippen molar-refractivity contribution in [2.45, 2.75) is 13.3 Å². The van der Waals surface area contributed by atoms with Crippen LogP contribution in [0.3, 0.4) is 0 Å². The SMILES string of the molecule is CCCS(=O)(=O)Nc1ccc(OC(=O)NC)c(OC)c1. The molecule has 0 atom stereocenters. The molecule has 1 aromatic rings. The van der Waals surface area contributed by atoms with Gasteiger partial charge in [0, 0.05) is 13.1 Å². The summed E-state index contributed by atoms with van der Waals surface area (Å²) in [6.07, 6.45) is -0.118. The van der Waals surface area contributed by atoms with Gasteiger partial charge in [-0.3, -0.25) is 4.72 Å². The summed E-state index contributed by atoms with van der Waals surface area (Å²) < 4.78 is 35.8. The van der Waals surface area contributed by atoms with Crippen molar-refractivity contribution >= 4 is 21.8 Å². The van der Waals surface area contributed by atoms with Crippen molar-refractivity contribution in [2.24, 2.45) is 0 Å². The van der Waals surface area contributed by atoms with Gasteiger partial charge in [-0.2, -0.15) is 0 Å². The average molecular weight is 302 g/mol. The van der Waals surface area contributed by atoms with Gasteiger partial charge in [0.15, 0.2) is 11.5 Å². The lowest BCUT2D eigenvalue weighted by molar-refractivity contribution is 0.201. The fraction of sp³-hybridized carbons (Fsp3) is 0.417. The molecule has 7 nitrogen and oxygen atoms in total. The topological polar surface area (TPSA) is 93.7 Å². The Labute approximate surface area is 118 Å². The van der Waals surface area contributed by atoms with E-state index in [-0.39, 0.29) is 17.3 Å². The largest absolute Gasteiger partial charge is 0.493 e. The molecule has 0 saturated carbocycles. The minimum absolute atomic E-state index is 0.0335. The van der Waals surface area contributed by atoms with Gasteiger partial charge in [0.1, 0.15) is 0 Å². The molecule has 0 spiro atoms. The number of hydrogen-bond donors (Lipinski definition) is 2. The van der Waals surface area contributed by atoms with E-state index in [2.05, 4.69) is 10.0 Å². The molecule has 1 rings (SSSR count). The Morgan fingerprint density at radius 2 is 2.00 bits per heavy atom. The Balaban J connectivity index is 2.95. The molecule has 0 aliphatic rings. The summed E-state index contributed by atoms with van der Waals surface area (Å²) in [6.45, 7) is 1.78. The number of hydrogen-bond acceptors (Lipinski definition) is 5. The first kappa shape index (κ1) is 16.1. The van der Waals surface area contributed by atoms with E-state index in [9.17, 15) is 13.2 Å². The summed E-state index contributed by atoms with van der Waals surface area (Å²) in [5.74, 6) is 0.488. The highest BCUT2D eigenvalue weighted by Gasteiger charge is 2.13. The van der Waals surface area contributed by atoms with Gasteiger partial charge in [0.2, 0.25) is 10.0 Å². The van der Waals surface area contributed by atoms with Crippen molar-refractivity contribution in [3.63, 3.8) is 0 Å². The minimum atomic E-state index is -3.38. The van der Waals surface area contributed by atoms with E-state index in [1.54, 1.807) is 6.92 Å². The van der Waals surface area contributed by atoms with Gasteiger partial charge < -0.3 is 14.8 Å². The summed E-state index contributed by atoms with van der Waals surface area (Å²) >= 11 is 0. The molecule has 0 radical (unpaired) electrons. The van der Waals surface area contributed by atoms with Crippen molar-refractivity contribution in [1.82, 2.24) is 5.32 Å². The van der Waals surface area contributed by atoms with Crippen LogP contribution in [0.25, 0.3) is 0 Å². The van der Waals surface area contributed by atoms with Gasteiger partial charge in [-0.25, -0.2) is 13.2 Å². The van der Waals surface area contributed by atoms with Crippen LogP contribution in [0.5, 0.6) is 11.5 Å². The zero-order valence-electron chi connectivity index (χ0n) is 11.6. The van der Waals surface area contributed by atoms with E-state index in [1.807, 2.05) is 0 Å². The molecule has 0 aliphatic carbocycles. The van der Waals surface area contributed by atoms with Crippen LogP contribution in [0.15, 0.2) is 18.2 Å². The molecule has 0 unspecified atom stereocenters. The Bertz CT molecular complexity index is 571. The van der Waals surface area contributed by atoms with Gasteiger partial charge in [-0.1, -0.05) is 6.92 Å². The molecule has 0 fully saturated rings. The van der Waals surface area contributed by atoms with Crippen LogP contribution in [0.4, 0.5) is 10.5 Å². The number of nitrogens with one attached hydrogen (secondary N) is 2. The lowest BCUT2D eigenvalue weighted by Crippen LogP contribution is -2.22. The lowest BCUT2D eigenvalue weighted by Gasteiger charge is -2.12. The maximum absolute atomic E-state index is 11.7. The van der Waals surface area contributed by atoms with Crippen LogP contribution in [0, 0.1) is 0 Å². The standard InChI is InChI=1S/C12H18N2O5S/c1-4-7-20(16,17)14-9-5-6-10(11(8-9)18-3)19-12(15)13-2/h5-6,8,14H,4,7H2,1-3H3,(H,13,15). The Morgan fingerprint density at radius 1 is 1.30 bits per heavy atom. The van der Waals surface area contributed by atoms with E-state index < -0.39 is 16.1 Å². The predicted octanol–water partition coefficient (Wildman–Crippen LogP) is 1.57. The molecule has 1 aromatic carbocycles. The Morgan fingerprint density at radius 3 is 2.55 bits per heavy atom. The van der Waals surface area contributed by atoms with Crippen molar-refractivity contribution in [1.29, 1.82) is 0 Å². The number of rotatable bonds is 6. The monoisotopic (exact) mass is 302 g/mol. The fourth-order valence-corrected chi connectivity index (χ4v) is 2.59. The number of benzene rings is 1. The summed E-state index contributed by atoms with van der Waals surface area (Å²) in [7, 11) is -0.544. The minimum Gasteiger partial charge on any atom is -0.493 e. The van der Waals surface area contributed by atoms with E-state index in [1.165, 1.54) is 32.4 Å². The molecule has 2 N–H and O–H groups in total. The van der Waals surface area contributed by atoms with Crippen LogP contribution in [0.2, 0.25) is 0 Å². The van der Waals surface area contributed by atoms with E-state index >= 15 is 0 Å². The second-order valence-electron chi connectivity index (χ2n) is 3.93. The van der Waals surface area contributed by atoms with Crippen LogP contribution < -0.4 is 19.5 Å². The molecule has 0 bridgehead atoms. The Kier molecular flexibility index (Phi) is 5.63. The van der Waals surface area contributed by atoms with Gasteiger partial charge in [0.05, 0.1) is 18.6 Å². The van der Waals surface area contributed by atoms with Gasteiger partial charge >= 0.3 is 6.09 Å². The summed E-state index contributed by atoms with van der Waals surface area (Å²) in [5.41, 5.74) is 0.347. The van der Waals surface area contributed by atoms with Crippen molar-refractivity contribution in [3.05, 3.63) is 18.2 Å². The lowest BCUT2D eigenvalue weighted by atomic mass is 10.3. The first-order valence-corrected chi connectivity index (χ1v) is 7.65. The summed E-state index contributed by atoms with van der Waals surface area (Å²) in [6, 6.07) is 4.40. The third-order valence-electron chi connectivity index (χ3n) is 2.32. The molecule has 1 amide bonds. The fourth-order valence-electron chi connectivity index (χ4n) is 1.47. The molecule has 0 aliphatic heterocycles. The molecular formula is C12H18N2O5S. The second kappa shape index (κ2) is 6.99. The number of ether oxygens (including phenoxy) is 2. The molecular weight excluding hydrogens is 284 g/mol. The van der Waals surface area contributed by atoms with Gasteiger partial charge in [-0.15, -0.1) is 0 Å². The third kappa shape index (κ3) is 4.61. The summed E-state index contributed by atoms with van der Waals surface area (Å²) in [4.78, 5) is 11.1. The molecule has 0 saturated heterocycles. The predicted molar refractivity (Wildman–Crippen MR) is 75.8 cm³/mol. The number of methoxy groups -OCH3 is 1. The number of amides is 1. The normalized spacial score (nSPS) is 10.8. The van der Waals surface area contributed by atoms with Crippen molar-refractivity contribution < 1.29 is 22.7 Å². The molecule has 112 valence electrons. The highest BCUT2D eigenvalue weighted by Crippen LogP contribution is 2.30. The number of sulfonamides is 1. The maximum atomic E-state index is 11.7. The highest BCUT2D eigenvalue weighted by molar-refractivity contribution is 7.92. The molecule has 8 heteroatoms. The number of carbonyl (C=O) groups excluding carboxylic acids is 1. The molecule has 20 heavy (non-hydrogen) atoms. The highest BCUT2D eigenvalue weighted by atomic mass is 32.2. The Hall–Kier alpha value is -1.96.